The van der Waals surface area contributed by atoms with Crippen LogP contribution in [-0.2, 0) is 20.4 Å². The molecule has 2 aliphatic heterocycles. The van der Waals surface area contributed by atoms with Crippen molar-refractivity contribution in [2.24, 2.45) is 0 Å². The maximum absolute atomic E-state index is 10.9. The minimum Gasteiger partial charge on any atom is -0.426 e. The Labute approximate surface area is 172 Å². The molecule has 1 saturated heterocycles. The van der Waals surface area contributed by atoms with Gasteiger partial charge < -0.3 is 13.8 Å². The second-order valence-electron chi connectivity index (χ2n) is 6.17. The number of aromatic nitrogens is 2. The molecule has 7 nitrogen and oxygen atoms in total. The van der Waals surface area contributed by atoms with Gasteiger partial charge in [0.25, 0.3) is 5.56 Å². The fraction of sp³-hybridized carbons (Fsp3) is 0.412. The van der Waals surface area contributed by atoms with Crippen LogP contribution in [0.3, 0.4) is 0 Å². The fourth-order valence-electron chi connectivity index (χ4n) is 2.81. The Balaban J connectivity index is 0.000000161. The number of para-hydroxylation sites is 1. The third-order valence-corrected chi connectivity index (χ3v) is 5.50. The third-order valence-electron chi connectivity index (χ3n) is 4.16. The van der Waals surface area contributed by atoms with Crippen molar-refractivity contribution in [2.45, 2.75) is 38.6 Å². The molecule has 0 amide bonds. The number of ether oxygens (including phenoxy) is 1. The molecule has 3 heterocycles. The molecular weight excluding hydrogens is 397 g/mol. The summed E-state index contributed by atoms with van der Waals surface area (Å²) >= 11 is 5.00. The highest BCUT2D eigenvalue weighted by molar-refractivity contribution is 7.71. The molecule has 2 unspecified atom stereocenters. The van der Waals surface area contributed by atoms with Crippen LogP contribution in [0.4, 0.5) is 0 Å². The lowest BCUT2D eigenvalue weighted by Gasteiger charge is -2.24. The predicted molar refractivity (Wildman–Crippen MR) is 110 cm³/mol. The third kappa shape index (κ3) is 5.33. The lowest BCUT2D eigenvalue weighted by molar-refractivity contribution is 0.0354. The predicted octanol–water partition coefficient (Wildman–Crippen LogP) is 2.98. The first-order chi connectivity index (χ1) is 13.5. The Hall–Kier alpha value is -1.44. The van der Waals surface area contributed by atoms with Crippen molar-refractivity contribution >= 4 is 36.5 Å². The van der Waals surface area contributed by atoms with Gasteiger partial charge in [-0.1, -0.05) is 18.2 Å². The summed E-state index contributed by atoms with van der Waals surface area (Å²) in [5.41, 5.74) is 1.96. The average Bonchev–Trinajstić information content (AvgIpc) is 3.09. The monoisotopic (exact) mass is 416 g/mol. The number of fused-ring (bicyclic) bond motifs is 1. The van der Waals surface area contributed by atoms with Crippen LogP contribution < -0.4 is 10.1 Å². The van der Waals surface area contributed by atoms with Crippen LogP contribution in [0.5, 0.6) is 5.75 Å². The number of rotatable bonds is 3. The molecule has 11 heteroatoms. The minimum absolute atomic E-state index is 0.118. The van der Waals surface area contributed by atoms with E-state index in [1.54, 1.807) is 10.8 Å². The zero-order chi connectivity index (χ0) is 20.1. The highest BCUT2D eigenvalue weighted by atomic mass is 32.1. The number of aromatic amines is 1. The van der Waals surface area contributed by atoms with E-state index in [1.165, 1.54) is 6.07 Å². The van der Waals surface area contributed by atoms with Crippen molar-refractivity contribution in [3.8, 4) is 5.75 Å². The fourth-order valence-corrected chi connectivity index (χ4v) is 4.04. The molecule has 3 atom stereocenters. The number of nitrogens with zero attached hydrogens (tertiary/aromatic N) is 1. The molecule has 2 aliphatic rings. The van der Waals surface area contributed by atoms with Gasteiger partial charge in [0.2, 0.25) is 0 Å². The zero-order valence-electron chi connectivity index (χ0n) is 15.4. The van der Waals surface area contributed by atoms with E-state index in [0.29, 0.717) is 11.4 Å². The van der Waals surface area contributed by atoms with Crippen molar-refractivity contribution in [1.82, 2.24) is 9.55 Å². The van der Waals surface area contributed by atoms with Crippen LogP contribution >= 0.6 is 20.8 Å². The van der Waals surface area contributed by atoms with Crippen molar-refractivity contribution < 1.29 is 18.3 Å². The van der Waals surface area contributed by atoms with Crippen LogP contribution in [-0.4, -0.2) is 37.8 Å². The van der Waals surface area contributed by atoms with Gasteiger partial charge in [0.05, 0.1) is 6.61 Å². The lowest BCUT2D eigenvalue weighted by atomic mass is 9.98. The lowest BCUT2D eigenvalue weighted by Crippen LogP contribution is -2.16. The Morgan fingerprint density at radius 3 is 2.89 bits per heavy atom. The molecule has 28 heavy (non-hydrogen) atoms. The van der Waals surface area contributed by atoms with E-state index in [1.807, 2.05) is 25.1 Å². The number of benzene rings is 1. The second kappa shape index (κ2) is 9.85. The SMILES string of the molecule is [B]COP1OCc2cccc(C)c2O1.[B][C@@H]1CCC(n2ccc(=O)[nH]c2=S)O1. The minimum atomic E-state index is -1.30. The van der Waals surface area contributed by atoms with Crippen molar-refractivity contribution in [2.75, 3.05) is 6.51 Å². The van der Waals surface area contributed by atoms with E-state index < -0.39 is 8.60 Å². The molecule has 1 aromatic heterocycles. The quantitative estimate of drug-likeness (QED) is 0.472. The van der Waals surface area contributed by atoms with Crippen LogP contribution in [0.1, 0.15) is 30.2 Å². The molecule has 0 spiro atoms. The molecule has 144 valence electrons. The molecule has 0 aliphatic carbocycles. The number of aryl methyl sites for hydroxylation is 1. The topological polar surface area (TPSA) is 74.7 Å². The Kier molecular flexibility index (Phi) is 7.48. The maximum atomic E-state index is 10.9. The molecule has 0 bridgehead atoms. The van der Waals surface area contributed by atoms with Gasteiger partial charge in [-0.15, -0.1) is 0 Å². The summed E-state index contributed by atoms with van der Waals surface area (Å²) < 4.78 is 23.5. The maximum Gasteiger partial charge on any atom is 0.396 e. The summed E-state index contributed by atoms with van der Waals surface area (Å²) in [6.45, 7) is 2.65. The highest BCUT2D eigenvalue weighted by Gasteiger charge is 2.24. The number of hydrogen-bond donors (Lipinski definition) is 1. The molecule has 0 saturated carbocycles. The Morgan fingerprint density at radius 2 is 2.21 bits per heavy atom. The molecule has 4 rings (SSSR count). The smallest absolute Gasteiger partial charge is 0.396 e. The van der Waals surface area contributed by atoms with Gasteiger partial charge >= 0.3 is 8.60 Å². The molecule has 1 N–H and O–H groups in total. The van der Waals surface area contributed by atoms with E-state index in [0.717, 1.165) is 29.7 Å². The molecule has 1 aromatic carbocycles. The van der Waals surface area contributed by atoms with Crippen molar-refractivity contribution in [3.63, 3.8) is 0 Å². The standard InChI is InChI=1S/C9H10BO3P.C8H9BN2O2S/c1-7-3-2-4-8-5-11-14(12-6-10)13-9(7)8;9-5-1-2-7(13-5)11-4-3-6(12)10-8(11)14/h2-4H,5-6H2,1H3;3-5,7H,1-2H2,(H,10,12,14)/t;5-,7?/m.0/s1. The van der Waals surface area contributed by atoms with Gasteiger partial charge in [-0.3, -0.25) is 18.9 Å². The number of nitrogens with one attached hydrogen (secondary N) is 1. The van der Waals surface area contributed by atoms with Gasteiger partial charge in [0.1, 0.15) is 27.7 Å². The number of H-pyrrole nitrogens is 1. The second-order valence-corrected chi connectivity index (χ2v) is 7.70. The number of hydrogen-bond acceptors (Lipinski definition) is 6. The first-order valence-corrected chi connectivity index (χ1v) is 10.2. The normalized spacial score (nSPS) is 23.2. The Bertz CT molecular complexity index is 925. The first-order valence-electron chi connectivity index (χ1n) is 8.73. The summed E-state index contributed by atoms with van der Waals surface area (Å²) in [5, 5.41) is 0. The van der Waals surface area contributed by atoms with Gasteiger partial charge in [-0.25, -0.2) is 0 Å². The van der Waals surface area contributed by atoms with Crippen LogP contribution in [0.15, 0.2) is 35.3 Å². The average molecular weight is 416 g/mol. The highest BCUT2D eigenvalue weighted by Crippen LogP contribution is 2.47. The largest absolute Gasteiger partial charge is 0.426 e. The summed E-state index contributed by atoms with van der Waals surface area (Å²) in [6.07, 6.45) is 3.12. The van der Waals surface area contributed by atoms with Crippen LogP contribution in [0.2, 0.25) is 0 Å². The summed E-state index contributed by atoms with van der Waals surface area (Å²) in [5.74, 6) is 0.873. The van der Waals surface area contributed by atoms with Crippen LogP contribution in [0, 0.1) is 11.7 Å². The summed E-state index contributed by atoms with van der Waals surface area (Å²) in [6, 6.07) is 7.16. The van der Waals surface area contributed by atoms with Gasteiger partial charge in [-0.05, 0) is 37.5 Å². The van der Waals surface area contributed by atoms with E-state index in [4.69, 9.17) is 46.2 Å². The molecule has 2 aromatic rings. The van der Waals surface area contributed by atoms with E-state index in [-0.39, 0.29) is 24.3 Å². The first kappa shape index (κ1) is 21.3. The van der Waals surface area contributed by atoms with Gasteiger partial charge in [0, 0.05) is 30.3 Å². The summed E-state index contributed by atoms with van der Waals surface area (Å²) in [4.78, 5) is 13.5. The zero-order valence-corrected chi connectivity index (χ0v) is 17.1. The molecular formula is C17H19B2N2O5PS. The molecule has 1 fully saturated rings. The summed E-state index contributed by atoms with van der Waals surface area (Å²) in [7, 11) is 9.55. The van der Waals surface area contributed by atoms with E-state index in [2.05, 4.69) is 4.98 Å². The Morgan fingerprint density at radius 1 is 1.39 bits per heavy atom. The van der Waals surface area contributed by atoms with E-state index in [9.17, 15) is 4.79 Å². The van der Waals surface area contributed by atoms with E-state index >= 15 is 0 Å². The molecule has 4 radical (unpaired) electrons. The van der Waals surface area contributed by atoms with Gasteiger partial charge in [-0.2, -0.15) is 0 Å². The van der Waals surface area contributed by atoms with Gasteiger partial charge in [0.15, 0.2) is 4.77 Å². The van der Waals surface area contributed by atoms with Crippen molar-refractivity contribution in [1.29, 1.82) is 0 Å². The van der Waals surface area contributed by atoms with Crippen LogP contribution in [0.25, 0.3) is 0 Å². The van der Waals surface area contributed by atoms with Crippen molar-refractivity contribution in [3.05, 3.63) is 56.7 Å².